The molecule has 1 aliphatic heterocycles. The number of carbonyl (C=O) groups is 2. The van der Waals surface area contributed by atoms with Crippen LogP contribution in [0, 0.1) is 0 Å². The van der Waals surface area contributed by atoms with Crippen LogP contribution in [0.4, 0.5) is 0 Å². The highest BCUT2D eigenvalue weighted by Gasteiger charge is 2.35. The zero-order valence-corrected chi connectivity index (χ0v) is 16.3. The molecular formula is C19H19N3O2S2. The number of likely N-dealkylation sites (N-methyl/N-ethyl adjacent to an activating group) is 1. The molecule has 1 aromatic carbocycles. The van der Waals surface area contributed by atoms with Gasteiger partial charge in [0.15, 0.2) is 0 Å². The number of likely N-dealkylation sites (tertiary alicyclic amines) is 1. The van der Waals surface area contributed by atoms with Crippen LogP contribution < -0.4 is 0 Å². The average molecular weight is 386 g/mol. The number of hydrogen-bond acceptors (Lipinski definition) is 5. The lowest BCUT2D eigenvalue weighted by Crippen LogP contribution is -2.45. The van der Waals surface area contributed by atoms with Gasteiger partial charge in [0.05, 0.1) is 20.0 Å². The fourth-order valence-electron chi connectivity index (χ4n) is 3.25. The van der Waals surface area contributed by atoms with E-state index in [1.54, 1.807) is 35.2 Å². The summed E-state index contributed by atoms with van der Waals surface area (Å²) in [6, 6.07) is 11.5. The number of hydrogen-bond donors (Lipinski definition) is 0. The van der Waals surface area contributed by atoms with Crippen molar-refractivity contribution in [1.82, 2.24) is 14.8 Å². The Kier molecular flexibility index (Phi) is 4.50. The van der Waals surface area contributed by atoms with Gasteiger partial charge >= 0.3 is 0 Å². The maximum Gasteiger partial charge on any atom is 0.264 e. The van der Waals surface area contributed by atoms with Crippen LogP contribution in [-0.2, 0) is 4.79 Å². The fourth-order valence-corrected chi connectivity index (χ4v) is 5.23. The van der Waals surface area contributed by atoms with E-state index in [9.17, 15) is 9.59 Å². The predicted molar refractivity (Wildman–Crippen MR) is 106 cm³/mol. The lowest BCUT2D eigenvalue weighted by atomic mass is 10.2. The maximum atomic E-state index is 12.9. The van der Waals surface area contributed by atoms with E-state index in [-0.39, 0.29) is 17.9 Å². The number of benzene rings is 1. The van der Waals surface area contributed by atoms with Gasteiger partial charge in [-0.2, -0.15) is 0 Å². The van der Waals surface area contributed by atoms with Gasteiger partial charge in [0.1, 0.15) is 11.0 Å². The topological polar surface area (TPSA) is 53.5 Å². The minimum Gasteiger partial charge on any atom is -0.347 e. The Morgan fingerprint density at radius 1 is 1.15 bits per heavy atom. The van der Waals surface area contributed by atoms with Crippen molar-refractivity contribution >= 4 is 44.7 Å². The molecule has 5 nitrogen and oxygen atoms in total. The van der Waals surface area contributed by atoms with Gasteiger partial charge in [-0.15, -0.1) is 22.7 Å². The molecule has 1 atom stereocenters. The number of aromatic nitrogens is 1. The number of rotatable bonds is 3. The Bertz CT molecular complexity index is 943. The quantitative estimate of drug-likeness (QED) is 0.690. The summed E-state index contributed by atoms with van der Waals surface area (Å²) in [5.41, 5.74) is 0.977. The minimum absolute atomic E-state index is 0.00111. The normalized spacial score (nSPS) is 17.0. The van der Waals surface area contributed by atoms with E-state index < -0.39 is 0 Å². The Morgan fingerprint density at radius 2 is 1.96 bits per heavy atom. The highest BCUT2D eigenvalue weighted by molar-refractivity contribution is 7.26. The molecule has 1 unspecified atom stereocenters. The number of nitrogens with zero attached hydrogens (tertiary/aromatic N) is 3. The van der Waals surface area contributed by atoms with Crippen molar-refractivity contribution in [2.45, 2.75) is 18.9 Å². The van der Waals surface area contributed by atoms with Crippen LogP contribution in [0.2, 0.25) is 0 Å². The molecule has 134 valence electrons. The fraction of sp³-hybridized carbons (Fsp3) is 0.316. The summed E-state index contributed by atoms with van der Waals surface area (Å²) in [4.78, 5) is 34.9. The van der Waals surface area contributed by atoms with Crippen molar-refractivity contribution in [3.8, 4) is 9.88 Å². The van der Waals surface area contributed by atoms with Crippen molar-refractivity contribution in [1.29, 1.82) is 0 Å². The number of para-hydroxylation sites is 1. The van der Waals surface area contributed by atoms with Crippen LogP contribution in [-0.4, -0.2) is 53.3 Å². The Labute approximate surface area is 159 Å². The van der Waals surface area contributed by atoms with Gasteiger partial charge in [-0.05, 0) is 37.1 Å². The molecule has 0 N–H and O–H groups in total. The second-order valence-electron chi connectivity index (χ2n) is 6.54. The lowest BCUT2D eigenvalue weighted by molar-refractivity contribution is -0.132. The molecule has 1 saturated heterocycles. The number of fused-ring (bicyclic) bond motifs is 1. The van der Waals surface area contributed by atoms with E-state index in [0.29, 0.717) is 11.4 Å². The molecular weight excluding hydrogens is 366 g/mol. The number of thiophene rings is 1. The molecule has 3 aromatic rings. The first-order valence-corrected chi connectivity index (χ1v) is 10.2. The third kappa shape index (κ3) is 3.01. The highest BCUT2D eigenvalue weighted by atomic mass is 32.1. The second kappa shape index (κ2) is 6.81. The van der Waals surface area contributed by atoms with Gasteiger partial charge in [0.2, 0.25) is 5.91 Å². The monoisotopic (exact) mass is 385 g/mol. The van der Waals surface area contributed by atoms with Crippen LogP contribution in [0.15, 0.2) is 36.4 Å². The summed E-state index contributed by atoms with van der Waals surface area (Å²) in [7, 11) is 3.47. The zero-order chi connectivity index (χ0) is 18.3. The Hall–Kier alpha value is -2.25. The highest BCUT2D eigenvalue weighted by Crippen LogP contribution is 2.35. The first kappa shape index (κ1) is 17.2. The molecule has 2 amide bonds. The Balaban J connectivity index is 1.59. The third-order valence-corrected chi connectivity index (χ3v) is 6.84. The van der Waals surface area contributed by atoms with Crippen LogP contribution in [0.3, 0.4) is 0 Å². The van der Waals surface area contributed by atoms with Crippen molar-refractivity contribution in [3.05, 3.63) is 41.3 Å². The van der Waals surface area contributed by atoms with Gasteiger partial charge in [-0.3, -0.25) is 9.59 Å². The molecule has 0 bridgehead atoms. The lowest BCUT2D eigenvalue weighted by Gasteiger charge is -2.25. The van der Waals surface area contributed by atoms with Crippen LogP contribution in [0.5, 0.6) is 0 Å². The molecule has 7 heteroatoms. The summed E-state index contributed by atoms with van der Waals surface area (Å²) in [6.07, 6.45) is 1.60. The van der Waals surface area contributed by atoms with Crippen molar-refractivity contribution in [2.24, 2.45) is 0 Å². The number of amides is 2. The second-order valence-corrected chi connectivity index (χ2v) is 8.65. The van der Waals surface area contributed by atoms with Gasteiger partial charge in [0, 0.05) is 20.6 Å². The molecule has 3 heterocycles. The smallest absolute Gasteiger partial charge is 0.264 e. The SMILES string of the molecule is CN(C)C(=O)C1CCCN1C(=O)c1ccc(-c2nc3ccccc3s2)s1. The summed E-state index contributed by atoms with van der Waals surface area (Å²) in [5.74, 6) is -0.0566. The van der Waals surface area contributed by atoms with E-state index in [4.69, 9.17) is 0 Å². The van der Waals surface area contributed by atoms with Crippen LogP contribution in [0.1, 0.15) is 22.5 Å². The van der Waals surface area contributed by atoms with Crippen molar-refractivity contribution in [2.75, 3.05) is 20.6 Å². The van der Waals surface area contributed by atoms with Gasteiger partial charge in [-0.1, -0.05) is 12.1 Å². The van der Waals surface area contributed by atoms with Gasteiger partial charge < -0.3 is 9.80 Å². The summed E-state index contributed by atoms with van der Waals surface area (Å²) >= 11 is 3.08. The van der Waals surface area contributed by atoms with Gasteiger partial charge in [0.25, 0.3) is 5.91 Å². The summed E-state index contributed by atoms with van der Waals surface area (Å²) in [5, 5.41) is 0.928. The van der Waals surface area contributed by atoms with E-state index in [1.807, 2.05) is 30.3 Å². The maximum absolute atomic E-state index is 12.9. The van der Waals surface area contributed by atoms with E-state index in [2.05, 4.69) is 11.1 Å². The molecule has 1 aliphatic rings. The van der Waals surface area contributed by atoms with Crippen LogP contribution in [0.25, 0.3) is 20.1 Å². The van der Waals surface area contributed by atoms with Crippen LogP contribution >= 0.6 is 22.7 Å². The molecule has 26 heavy (non-hydrogen) atoms. The molecule has 0 spiro atoms. The average Bonchev–Trinajstić information content (AvgIpc) is 3.38. The molecule has 0 radical (unpaired) electrons. The summed E-state index contributed by atoms with van der Waals surface area (Å²) in [6.45, 7) is 0.636. The number of thiazole rings is 1. The largest absolute Gasteiger partial charge is 0.347 e. The molecule has 2 aromatic heterocycles. The molecule has 0 saturated carbocycles. The zero-order valence-electron chi connectivity index (χ0n) is 14.6. The molecule has 4 rings (SSSR count). The number of carbonyl (C=O) groups excluding carboxylic acids is 2. The van der Waals surface area contributed by atoms with E-state index in [0.717, 1.165) is 32.9 Å². The third-order valence-electron chi connectivity index (χ3n) is 4.56. The first-order chi connectivity index (χ1) is 12.5. The standard InChI is InChI=1S/C19H19N3O2S2/c1-21(2)18(23)13-7-5-11-22(13)19(24)16-10-9-15(25-16)17-20-12-6-3-4-8-14(12)26-17/h3-4,6,8-10,13H,5,7,11H2,1-2H3. The van der Waals surface area contributed by atoms with Crippen molar-refractivity contribution in [3.63, 3.8) is 0 Å². The first-order valence-electron chi connectivity index (χ1n) is 8.52. The van der Waals surface area contributed by atoms with E-state index in [1.165, 1.54) is 11.3 Å². The molecule has 1 fully saturated rings. The Morgan fingerprint density at radius 3 is 2.73 bits per heavy atom. The van der Waals surface area contributed by atoms with Gasteiger partial charge in [-0.25, -0.2) is 4.98 Å². The minimum atomic E-state index is -0.342. The summed E-state index contributed by atoms with van der Waals surface area (Å²) < 4.78 is 1.14. The predicted octanol–water partition coefficient (Wildman–Crippen LogP) is 3.72. The molecule has 0 aliphatic carbocycles. The van der Waals surface area contributed by atoms with Crippen molar-refractivity contribution < 1.29 is 9.59 Å². The van der Waals surface area contributed by atoms with E-state index >= 15 is 0 Å².